The van der Waals surface area contributed by atoms with Gasteiger partial charge in [0.1, 0.15) is 58.4 Å². The SMILES string of the molecule is C.C.C.C.CCN(CC)C(=O)CCl.CCN(CC)C(=O)Cn1ccc2c(Cl)nccc21.CCN(CC)C(=O)Cn1ccc2c(N)nccc21.CCN(CC)C(=O)Cn1ccc2c(Nc3ncc(C#N)s3)nccc21.Clc1nccc2c1CCN2. The fourth-order valence-corrected chi connectivity index (χ4v) is 9.92. The van der Waals surface area contributed by atoms with Gasteiger partial charge in [0.25, 0.3) is 0 Å². The number of fused-ring (bicyclic) bond motifs is 4. The number of anilines is 4. The lowest BCUT2D eigenvalue weighted by Gasteiger charge is -2.19. The molecule has 84 heavy (non-hydrogen) atoms. The van der Waals surface area contributed by atoms with Gasteiger partial charge in [0.05, 0.1) is 22.7 Å². The van der Waals surface area contributed by atoms with Crippen LogP contribution in [0.5, 0.6) is 0 Å². The molecule has 0 aromatic carbocycles. The number of thiazole rings is 1. The average Bonchev–Trinajstić information content (AvgIpc) is 4.40. The molecule has 0 saturated carbocycles. The van der Waals surface area contributed by atoms with Crippen molar-refractivity contribution >= 4 is 125 Å². The minimum Gasteiger partial charge on any atom is -0.384 e. The number of amides is 4. The van der Waals surface area contributed by atoms with Crippen LogP contribution >= 0.6 is 46.1 Å². The van der Waals surface area contributed by atoms with Crippen LogP contribution < -0.4 is 16.4 Å². The zero-order valence-electron chi connectivity index (χ0n) is 46.6. The number of alkyl halides is 1. The Hall–Kier alpha value is -7.51. The lowest BCUT2D eigenvalue weighted by molar-refractivity contribution is -0.132. The monoisotopic (exact) mass is 1230 g/mol. The molecule has 0 spiro atoms. The first-order valence-electron chi connectivity index (χ1n) is 26.5. The van der Waals surface area contributed by atoms with Crippen LogP contribution in [-0.2, 0) is 45.2 Å². The number of nitriles is 1. The van der Waals surface area contributed by atoms with Crippen molar-refractivity contribution in [2.75, 3.05) is 81.2 Å². The molecule has 4 N–H and O–H groups in total. The fourth-order valence-electron chi connectivity index (χ4n) is 8.67. The largest absolute Gasteiger partial charge is 0.384 e. The number of carbonyl (C=O) groups excluding carboxylic acids is 4. The quantitative estimate of drug-likeness (QED) is 0.0569. The Bertz CT molecular complexity index is 3240. The minimum absolute atomic E-state index is 0. The van der Waals surface area contributed by atoms with Crippen molar-refractivity contribution in [2.24, 2.45) is 0 Å². The van der Waals surface area contributed by atoms with Crippen LogP contribution in [0, 0.1) is 11.3 Å². The third-order valence-electron chi connectivity index (χ3n) is 13.1. The van der Waals surface area contributed by atoms with Crippen LogP contribution in [0.1, 0.15) is 95.5 Å². The number of nitrogens with zero attached hydrogens (tertiary/aromatic N) is 13. The van der Waals surface area contributed by atoms with Crippen LogP contribution in [-0.4, -0.2) is 147 Å². The maximum absolute atomic E-state index is 12.4. The Kier molecular flexibility index (Phi) is 33.4. The van der Waals surface area contributed by atoms with E-state index in [2.05, 4.69) is 41.6 Å². The normalized spacial score (nSPS) is 10.5. The summed E-state index contributed by atoms with van der Waals surface area (Å²) in [6.07, 6.45) is 14.9. The number of halogens is 3. The van der Waals surface area contributed by atoms with Crippen molar-refractivity contribution in [3.63, 3.8) is 0 Å². The highest BCUT2D eigenvalue weighted by atomic mass is 35.5. The van der Waals surface area contributed by atoms with Gasteiger partial charge in [-0.1, -0.05) is 64.2 Å². The Labute approximate surface area is 515 Å². The zero-order valence-corrected chi connectivity index (χ0v) is 49.7. The van der Waals surface area contributed by atoms with Crippen LogP contribution in [0.15, 0.2) is 92.0 Å². The van der Waals surface area contributed by atoms with Crippen molar-refractivity contribution in [1.82, 2.24) is 58.2 Å². The first-order chi connectivity index (χ1) is 38.6. The lowest BCUT2D eigenvalue weighted by Crippen LogP contribution is -2.33. The molecule has 0 saturated heterocycles. The standard InChI is InChI=1S/C17H18N6OS.C13H16ClN3O.C13H18N4O.C7H7ClN2.C6H12ClNO.4CH4/c1-3-22(4-2)15(24)11-23-8-6-13-14(23)5-7-19-16(13)21-17-20-10-12(9-18)25-17;2*1-3-16(4-2)12(18)9-17-8-6-10-11(17)5-7-15-13(10)14;8-7-5-1-3-9-6(5)2-4-10-7;1-3-8(4-2)6(9)5-7;;;;/h5-8,10H,3-4,11H2,1-2H3,(H,19,20,21);5-8H,3-4,9H2,1-2H3;5-8H,3-4,9H2,1-2H3,(H2,14,15);2,4,9H,1,3H2;3-5H2,1-2H3;4*1H4. The summed E-state index contributed by atoms with van der Waals surface area (Å²) in [5, 5.41) is 19.7. The van der Waals surface area contributed by atoms with E-state index in [0.29, 0.717) is 64.7 Å². The summed E-state index contributed by atoms with van der Waals surface area (Å²) in [5.74, 6) is 1.60. The molecule has 1 aliphatic heterocycles. The van der Waals surface area contributed by atoms with Crippen molar-refractivity contribution in [3.05, 3.63) is 113 Å². The van der Waals surface area contributed by atoms with Crippen molar-refractivity contribution in [3.8, 4) is 6.07 Å². The molecule has 458 valence electrons. The highest BCUT2D eigenvalue weighted by Gasteiger charge is 2.17. The predicted molar refractivity (Wildman–Crippen MR) is 350 cm³/mol. The number of carbonyl (C=O) groups is 4. The molecule has 20 nitrogen and oxygen atoms in total. The fraction of sp³-hybridized carbons (Fsp3) is 0.433. The van der Waals surface area contributed by atoms with E-state index < -0.39 is 0 Å². The summed E-state index contributed by atoms with van der Waals surface area (Å²) in [4.78, 5) is 75.5. The number of likely N-dealkylation sites (N-methyl/N-ethyl adjacent to an activating group) is 3. The minimum atomic E-state index is 0. The molecular formula is C60H87Cl3N16O4S. The molecule has 0 atom stereocenters. The van der Waals surface area contributed by atoms with Gasteiger partial charge < -0.3 is 49.7 Å². The molecule has 1 aliphatic rings. The summed E-state index contributed by atoms with van der Waals surface area (Å²) in [5.41, 5.74) is 10.9. The van der Waals surface area contributed by atoms with Gasteiger partial charge in [0, 0.05) is 130 Å². The summed E-state index contributed by atoms with van der Waals surface area (Å²) in [6.45, 7) is 23.6. The molecular weight excluding hydrogens is 1150 g/mol. The Balaban J connectivity index is 0.000000541. The first-order valence-corrected chi connectivity index (χ1v) is 28.6. The third-order valence-corrected chi connectivity index (χ3v) is 14.8. The lowest BCUT2D eigenvalue weighted by atomic mass is 10.2. The second kappa shape index (κ2) is 37.6. The van der Waals surface area contributed by atoms with Crippen LogP contribution in [0.2, 0.25) is 10.3 Å². The number of pyridine rings is 4. The Morgan fingerprint density at radius 3 is 1.46 bits per heavy atom. The summed E-state index contributed by atoms with van der Waals surface area (Å²) in [6, 6.07) is 15.4. The third kappa shape index (κ3) is 19.8. The smallest absolute Gasteiger partial charge is 0.242 e. The van der Waals surface area contributed by atoms with E-state index in [9.17, 15) is 19.2 Å². The molecule has 9 heterocycles. The maximum Gasteiger partial charge on any atom is 0.242 e. The van der Waals surface area contributed by atoms with E-state index in [1.165, 1.54) is 17.5 Å². The van der Waals surface area contributed by atoms with E-state index in [1.807, 2.05) is 145 Å². The van der Waals surface area contributed by atoms with Gasteiger partial charge >= 0.3 is 0 Å². The van der Waals surface area contributed by atoms with E-state index in [-0.39, 0.29) is 59.2 Å². The molecule has 0 bridgehead atoms. The summed E-state index contributed by atoms with van der Waals surface area (Å²) in [7, 11) is 0. The van der Waals surface area contributed by atoms with Crippen molar-refractivity contribution in [2.45, 2.75) is 111 Å². The Morgan fingerprint density at radius 1 is 0.595 bits per heavy atom. The Morgan fingerprint density at radius 2 is 1.01 bits per heavy atom. The molecule has 9 rings (SSSR count). The average molecular weight is 1230 g/mol. The first kappa shape index (κ1) is 74.5. The van der Waals surface area contributed by atoms with Crippen LogP contribution in [0.25, 0.3) is 32.7 Å². The van der Waals surface area contributed by atoms with Crippen molar-refractivity contribution in [1.29, 1.82) is 5.26 Å². The number of hydrogen-bond donors (Lipinski definition) is 3. The van der Waals surface area contributed by atoms with Gasteiger partial charge in [-0.05, 0) is 104 Å². The number of nitrogen functional groups attached to an aromatic ring is 1. The van der Waals surface area contributed by atoms with Gasteiger partial charge in [-0.2, -0.15) is 5.26 Å². The van der Waals surface area contributed by atoms with E-state index in [0.717, 1.165) is 96.2 Å². The molecule has 4 amide bonds. The summed E-state index contributed by atoms with van der Waals surface area (Å²) < 4.78 is 5.74. The second-order valence-corrected chi connectivity index (χ2v) is 19.6. The molecule has 0 aliphatic carbocycles. The van der Waals surface area contributed by atoms with Gasteiger partial charge in [0.15, 0.2) is 5.13 Å². The maximum atomic E-state index is 12.4. The predicted octanol–water partition coefficient (Wildman–Crippen LogP) is 12.4. The van der Waals surface area contributed by atoms with Gasteiger partial charge in [-0.25, -0.2) is 24.9 Å². The molecule has 8 aromatic rings. The van der Waals surface area contributed by atoms with Crippen molar-refractivity contribution < 1.29 is 19.2 Å². The highest BCUT2D eigenvalue weighted by molar-refractivity contribution is 7.16. The number of nitrogens with two attached hydrogens (primary N) is 1. The van der Waals surface area contributed by atoms with E-state index >= 15 is 0 Å². The van der Waals surface area contributed by atoms with E-state index in [4.69, 9.17) is 45.8 Å². The summed E-state index contributed by atoms with van der Waals surface area (Å²) >= 11 is 18.4. The highest BCUT2D eigenvalue weighted by Crippen LogP contribution is 2.29. The second-order valence-electron chi connectivity index (χ2n) is 17.6. The molecule has 8 aromatic heterocycles. The van der Waals surface area contributed by atoms with Gasteiger partial charge in [-0.15, -0.1) is 11.6 Å². The van der Waals surface area contributed by atoms with Crippen LogP contribution in [0.3, 0.4) is 0 Å². The number of hydrogen-bond acceptors (Lipinski definition) is 14. The van der Waals surface area contributed by atoms with Gasteiger partial charge in [0.2, 0.25) is 23.6 Å². The number of nitrogens with one attached hydrogen (secondary N) is 2. The van der Waals surface area contributed by atoms with Crippen LogP contribution in [0.4, 0.5) is 22.5 Å². The topological polar surface area (TPSA) is 234 Å². The molecule has 24 heteroatoms. The van der Waals surface area contributed by atoms with E-state index in [1.54, 1.807) is 29.7 Å². The molecule has 0 fully saturated rings. The molecule has 0 unspecified atom stereocenters. The number of aromatic nitrogens is 8. The molecule has 0 radical (unpaired) electrons. The number of rotatable bonds is 17. The van der Waals surface area contributed by atoms with Gasteiger partial charge in [-0.3, -0.25) is 19.2 Å². The zero-order chi connectivity index (χ0) is 58.3.